The Morgan fingerprint density at radius 1 is 1.25 bits per heavy atom. The van der Waals surface area contributed by atoms with Gasteiger partial charge in [0.25, 0.3) is 0 Å². The minimum atomic E-state index is 0.0251. The number of aliphatic hydroxyl groups excluding tert-OH is 1. The van der Waals surface area contributed by atoms with Crippen molar-refractivity contribution in [2.75, 3.05) is 20.3 Å². The van der Waals surface area contributed by atoms with Crippen LogP contribution in [0.3, 0.4) is 0 Å². The molecule has 0 bridgehead atoms. The van der Waals surface area contributed by atoms with Gasteiger partial charge < -0.3 is 20.1 Å². The van der Waals surface area contributed by atoms with Crippen molar-refractivity contribution in [1.82, 2.24) is 10.2 Å². The quantitative estimate of drug-likeness (QED) is 0.828. The number of rotatable bonds is 4. The number of nitrogens with zero attached hydrogens (tertiary/aromatic N) is 1. The Labute approximate surface area is 121 Å². The molecule has 1 saturated carbocycles. The molecule has 1 aliphatic heterocycles. The number of hydrogen-bond acceptors (Lipinski definition) is 3. The molecule has 1 heterocycles. The number of hydrogen-bond donors (Lipinski definition) is 2. The fourth-order valence-electron chi connectivity index (χ4n) is 3.50. The highest BCUT2D eigenvalue weighted by Crippen LogP contribution is 2.23. The Bertz CT molecular complexity index is 309. The number of nitrogens with one attached hydrogen (secondary N) is 1. The van der Waals surface area contributed by atoms with E-state index < -0.39 is 0 Å². The second-order valence-corrected chi connectivity index (χ2v) is 5.97. The molecule has 2 aliphatic rings. The molecule has 2 amide bonds. The zero-order chi connectivity index (χ0) is 14.4. The molecular weight excluding hydrogens is 256 g/mol. The van der Waals surface area contributed by atoms with Crippen molar-refractivity contribution in [3.63, 3.8) is 0 Å². The Morgan fingerprint density at radius 2 is 2.00 bits per heavy atom. The topological polar surface area (TPSA) is 61.8 Å². The first-order valence-electron chi connectivity index (χ1n) is 7.97. The average Bonchev–Trinajstić information content (AvgIpc) is 2.48. The third-order valence-electron chi connectivity index (χ3n) is 4.66. The average molecular weight is 284 g/mol. The van der Waals surface area contributed by atoms with Crippen LogP contribution >= 0.6 is 0 Å². The molecule has 20 heavy (non-hydrogen) atoms. The highest BCUT2D eigenvalue weighted by molar-refractivity contribution is 5.75. The number of amides is 2. The molecule has 0 aromatic heterocycles. The van der Waals surface area contributed by atoms with Gasteiger partial charge >= 0.3 is 6.03 Å². The van der Waals surface area contributed by atoms with Gasteiger partial charge in [-0.3, -0.25) is 0 Å². The van der Waals surface area contributed by atoms with Gasteiger partial charge in [-0.25, -0.2) is 4.79 Å². The van der Waals surface area contributed by atoms with Gasteiger partial charge in [0.05, 0.1) is 12.1 Å². The molecule has 0 aromatic rings. The Kier molecular flexibility index (Phi) is 6.10. The summed E-state index contributed by atoms with van der Waals surface area (Å²) in [6.07, 6.45) is 8.43. The van der Waals surface area contributed by atoms with E-state index in [2.05, 4.69) is 5.32 Å². The van der Waals surface area contributed by atoms with Crippen LogP contribution in [0.15, 0.2) is 0 Å². The smallest absolute Gasteiger partial charge is 0.317 e. The minimum Gasteiger partial charge on any atom is -0.396 e. The fraction of sp³-hybridized carbons (Fsp3) is 0.933. The van der Waals surface area contributed by atoms with E-state index >= 15 is 0 Å². The molecular formula is C15H28N2O3. The zero-order valence-corrected chi connectivity index (χ0v) is 12.5. The molecule has 2 N–H and O–H groups in total. The maximum Gasteiger partial charge on any atom is 0.317 e. The van der Waals surface area contributed by atoms with Crippen molar-refractivity contribution in [1.29, 1.82) is 0 Å². The highest BCUT2D eigenvalue weighted by atomic mass is 16.5. The Balaban J connectivity index is 1.91. The van der Waals surface area contributed by atoms with E-state index in [-0.39, 0.29) is 30.8 Å². The standard InChI is InChI=1S/C15H28N2O3/c1-20-14-8-3-2-7-13(14)16-15(19)17-10-5-4-6-12(17)9-11-18/h12-14,18H,2-11H2,1H3,(H,16,19). The van der Waals surface area contributed by atoms with E-state index in [4.69, 9.17) is 9.84 Å². The van der Waals surface area contributed by atoms with E-state index in [1.807, 2.05) is 4.90 Å². The summed E-state index contributed by atoms with van der Waals surface area (Å²) in [5.41, 5.74) is 0. The van der Waals surface area contributed by atoms with Gasteiger partial charge in [-0.15, -0.1) is 0 Å². The predicted octanol–water partition coefficient (Wildman–Crippen LogP) is 1.89. The third-order valence-corrected chi connectivity index (χ3v) is 4.66. The summed E-state index contributed by atoms with van der Waals surface area (Å²) in [5, 5.41) is 12.3. The number of ether oxygens (including phenoxy) is 1. The summed E-state index contributed by atoms with van der Waals surface area (Å²) in [5.74, 6) is 0. The van der Waals surface area contributed by atoms with E-state index in [1.165, 1.54) is 6.42 Å². The SMILES string of the molecule is COC1CCCCC1NC(=O)N1CCCCC1CCO. The maximum absolute atomic E-state index is 12.5. The highest BCUT2D eigenvalue weighted by Gasteiger charge is 2.31. The van der Waals surface area contributed by atoms with E-state index in [1.54, 1.807) is 7.11 Å². The minimum absolute atomic E-state index is 0.0251. The van der Waals surface area contributed by atoms with Crippen LogP contribution in [0.4, 0.5) is 4.79 Å². The first-order valence-corrected chi connectivity index (χ1v) is 7.97. The van der Waals surface area contributed by atoms with Crippen LogP contribution in [0.25, 0.3) is 0 Å². The lowest BCUT2D eigenvalue weighted by Gasteiger charge is -2.38. The zero-order valence-electron chi connectivity index (χ0n) is 12.5. The number of likely N-dealkylation sites (tertiary alicyclic amines) is 1. The largest absolute Gasteiger partial charge is 0.396 e. The molecule has 1 aliphatic carbocycles. The van der Waals surface area contributed by atoms with Gasteiger partial charge in [-0.05, 0) is 38.5 Å². The number of urea groups is 1. The van der Waals surface area contributed by atoms with Gasteiger partial charge in [0.2, 0.25) is 0 Å². The van der Waals surface area contributed by atoms with E-state index in [9.17, 15) is 4.79 Å². The lowest BCUT2D eigenvalue weighted by atomic mass is 9.92. The van der Waals surface area contributed by atoms with E-state index in [0.717, 1.165) is 45.1 Å². The van der Waals surface area contributed by atoms with Crippen molar-refractivity contribution in [2.24, 2.45) is 0 Å². The van der Waals surface area contributed by atoms with Gasteiger partial charge in [-0.2, -0.15) is 0 Å². The van der Waals surface area contributed by atoms with Crippen molar-refractivity contribution >= 4 is 6.03 Å². The fourth-order valence-corrected chi connectivity index (χ4v) is 3.50. The van der Waals surface area contributed by atoms with Gasteiger partial charge in [-0.1, -0.05) is 12.8 Å². The number of carbonyl (C=O) groups is 1. The van der Waals surface area contributed by atoms with Crippen LogP contribution < -0.4 is 5.32 Å². The molecule has 0 spiro atoms. The third kappa shape index (κ3) is 3.85. The predicted molar refractivity (Wildman–Crippen MR) is 77.6 cm³/mol. The summed E-state index contributed by atoms with van der Waals surface area (Å²) in [6, 6.07) is 0.355. The van der Waals surface area contributed by atoms with Crippen molar-refractivity contribution in [3.8, 4) is 0 Å². The molecule has 116 valence electrons. The van der Waals surface area contributed by atoms with Gasteiger partial charge in [0, 0.05) is 26.3 Å². The molecule has 2 fully saturated rings. The molecule has 0 radical (unpaired) electrons. The Hall–Kier alpha value is -0.810. The van der Waals surface area contributed by atoms with Crippen LogP contribution in [0.1, 0.15) is 51.4 Å². The number of piperidine rings is 1. The molecule has 3 atom stereocenters. The number of aliphatic hydroxyl groups is 1. The lowest BCUT2D eigenvalue weighted by molar-refractivity contribution is 0.0406. The van der Waals surface area contributed by atoms with Crippen LogP contribution in [0.5, 0.6) is 0 Å². The Morgan fingerprint density at radius 3 is 2.75 bits per heavy atom. The van der Waals surface area contributed by atoms with Crippen LogP contribution in [0.2, 0.25) is 0 Å². The second kappa shape index (κ2) is 7.84. The summed E-state index contributed by atoms with van der Waals surface area (Å²) >= 11 is 0. The van der Waals surface area contributed by atoms with Crippen LogP contribution in [-0.4, -0.2) is 54.5 Å². The van der Waals surface area contributed by atoms with Crippen molar-refractivity contribution < 1.29 is 14.6 Å². The lowest BCUT2D eigenvalue weighted by Crippen LogP contribution is -2.54. The van der Waals surface area contributed by atoms with Crippen molar-refractivity contribution in [3.05, 3.63) is 0 Å². The number of carbonyl (C=O) groups excluding carboxylic acids is 1. The van der Waals surface area contributed by atoms with Gasteiger partial charge in [0.15, 0.2) is 0 Å². The molecule has 0 aromatic carbocycles. The number of methoxy groups -OCH3 is 1. The molecule has 2 rings (SSSR count). The van der Waals surface area contributed by atoms with E-state index in [0.29, 0.717) is 6.42 Å². The summed E-state index contributed by atoms with van der Waals surface area (Å²) in [4.78, 5) is 14.4. The molecule has 5 heteroatoms. The molecule has 3 unspecified atom stereocenters. The van der Waals surface area contributed by atoms with Crippen LogP contribution in [0, 0.1) is 0 Å². The summed E-state index contributed by atoms with van der Waals surface area (Å²) < 4.78 is 5.49. The summed E-state index contributed by atoms with van der Waals surface area (Å²) in [7, 11) is 1.73. The normalized spacial score (nSPS) is 31.1. The first-order chi connectivity index (χ1) is 9.76. The molecule has 5 nitrogen and oxygen atoms in total. The van der Waals surface area contributed by atoms with Crippen molar-refractivity contribution in [2.45, 2.75) is 69.6 Å². The molecule has 1 saturated heterocycles. The van der Waals surface area contributed by atoms with Crippen LogP contribution in [-0.2, 0) is 4.74 Å². The maximum atomic E-state index is 12.5. The van der Waals surface area contributed by atoms with Gasteiger partial charge in [0.1, 0.15) is 0 Å². The first kappa shape index (κ1) is 15.6. The monoisotopic (exact) mass is 284 g/mol. The second-order valence-electron chi connectivity index (χ2n) is 5.97. The summed E-state index contributed by atoms with van der Waals surface area (Å²) in [6.45, 7) is 0.958.